The quantitative estimate of drug-likeness (QED) is 0.824. The molecule has 0 amide bonds. The first kappa shape index (κ1) is 13.2. The van der Waals surface area contributed by atoms with E-state index in [1.807, 2.05) is 6.07 Å². The van der Waals surface area contributed by atoms with Crippen molar-refractivity contribution in [2.24, 2.45) is 0 Å². The van der Waals surface area contributed by atoms with Crippen molar-refractivity contribution < 1.29 is 4.39 Å². The van der Waals surface area contributed by atoms with Crippen molar-refractivity contribution in [2.75, 3.05) is 6.54 Å². The van der Waals surface area contributed by atoms with Gasteiger partial charge in [0, 0.05) is 6.04 Å². The summed E-state index contributed by atoms with van der Waals surface area (Å²) in [6.45, 7) is 3.09. The fourth-order valence-electron chi connectivity index (χ4n) is 1.99. The molecule has 1 N–H and O–H groups in total. The lowest BCUT2D eigenvalue weighted by Gasteiger charge is -2.18. The first-order valence-electron chi connectivity index (χ1n) is 6.29. The van der Waals surface area contributed by atoms with Crippen LogP contribution in [0.1, 0.15) is 30.5 Å². The molecule has 0 radical (unpaired) electrons. The van der Waals surface area contributed by atoms with Crippen molar-refractivity contribution in [2.45, 2.75) is 25.8 Å². The molecular formula is C15H18FNS. The largest absolute Gasteiger partial charge is 0.310 e. The fourth-order valence-corrected chi connectivity index (χ4v) is 2.68. The molecule has 0 bridgehead atoms. The van der Waals surface area contributed by atoms with Crippen LogP contribution in [0.25, 0.3) is 0 Å². The number of benzene rings is 1. The number of hydrogen-bond donors (Lipinski definition) is 1. The van der Waals surface area contributed by atoms with E-state index in [9.17, 15) is 4.39 Å². The summed E-state index contributed by atoms with van der Waals surface area (Å²) in [5, 5.41) is 7.72. The Morgan fingerprint density at radius 1 is 1.33 bits per heavy atom. The molecule has 0 aliphatic rings. The van der Waals surface area contributed by atoms with Gasteiger partial charge in [0.2, 0.25) is 0 Å². The molecule has 1 atom stereocenters. The van der Waals surface area contributed by atoms with Crippen LogP contribution < -0.4 is 5.32 Å². The Labute approximate surface area is 112 Å². The zero-order valence-electron chi connectivity index (χ0n) is 10.5. The first-order valence-corrected chi connectivity index (χ1v) is 7.24. The summed E-state index contributed by atoms with van der Waals surface area (Å²) in [6.07, 6.45) is 1.99. The van der Waals surface area contributed by atoms with Gasteiger partial charge in [-0.2, -0.15) is 11.3 Å². The van der Waals surface area contributed by atoms with Crippen LogP contribution in [0.5, 0.6) is 0 Å². The molecule has 0 aliphatic carbocycles. The minimum atomic E-state index is -0.166. The maximum absolute atomic E-state index is 13.3. The van der Waals surface area contributed by atoms with Gasteiger partial charge in [0.15, 0.2) is 0 Å². The van der Waals surface area contributed by atoms with Crippen LogP contribution in [-0.2, 0) is 6.42 Å². The Kier molecular flexibility index (Phi) is 4.90. The van der Waals surface area contributed by atoms with Crippen LogP contribution in [0.15, 0.2) is 41.1 Å². The maximum Gasteiger partial charge on any atom is 0.123 e. The third-order valence-corrected chi connectivity index (χ3v) is 3.64. The molecular weight excluding hydrogens is 245 g/mol. The molecule has 0 spiro atoms. The van der Waals surface area contributed by atoms with Gasteiger partial charge in [-0.3, -0.25) is 0 Å². The highest BCUT2D eigenvalue weighted by Gasteiger charge is 2.12. The van der Waals surface area contributed by atoms with Crippen molar-refractivity contribution in [3.05, 3.63) is 58.0 Å². The van der Waals surface area contributed by atoms with E-state index < -0.39 is 0 Å². The van der Waals surface area contributed by atoms with Crippen LogP contribution in [0.3, 0.4) is 0 Å². The Balaban J connectivity index is 2.13. The smallest absolute Gasteiger partial charge is 0.123 e. The van der Waals surface area contributed by atoms with Crippen molar-refractivity contribution in [3.8, 4) is 0 Å². The van der Waals surface area contributed by atoms with E-state index in [1.54, 1.807) is 23.5 Å². The minimum absolute atomic E-state index is 0.166. The Morgan fingerprint density at radius 2 is 2.22 bits per heavy atom. The van der Waals surface area contributed by atoms with E-state index >= 15 is 0 Å². The topological polar surface area (TPSA) is 12.0 Å². The van der Waals surface area contributed by atoms with Crippen LogP contribution in [0.4, 0.5) is 4.39 Å². The summed E-state index contributed by atoms with van der Waals surface area (Å²) < 4.78 is 13.3. The van der Waals surface area contributed by atoms with Gasteiger partial charge in [-0.1, -0.05) is 19.1 Å². The number of nitrogens with one attached hydrogen (secondary N) is 1. The summed E-state index contributed by atoms with van der Waals surface area (Å²) in [5.41, 5.74) is 2.33. The standard InChI is InChI=1S/C15H18FNS/c1-2-7-17-15(9-12-6-8-18-11-12)13-4-3-5-14(16)10-13/h3-6,8,10-11,15,17H,2,7,9H2,1H3. The highest BCUT2D eigenvalue weighted by molar-refractivity contribution is 7.07. The molecule has 0 saturated carbocycles. The van der Waals surface area contributed by atoms with E-state index in [-0.39, 0.29) is 11.9 Å². The molecule has 1 nitrogen and oxygen atoms in total. The minimum Gasteiger partial charge on any atom is -0.310 e. The molecule has 0 aliphatic heterocycles. The van der Waals surface area contributed by atoms with Gasteiger partial charge in [-0.25, -0.2) is 4.39 Å². The Morgan fingerprint density at radius 3 is 2.89 bits per heavy atom. The lowest BCUT2D eigenvalue weighted by Crippen LogP contribution is -2.24. The second kappa shape index (κ2) is 6.66. The summed E-state index contributed by atoms with van der Waals surface area (Å²) in [5.74, 6) is -0.166. The fraction of sp³-hybridized carbons (Fsp3) is 0.333. The van der Waals surface area contributed by atoms with Crippen molar-refractivity contribution >= 4 is 11.3 Å². The zero-order valence-corrected chi connectivity index (χ0v) is 11.3. The van der Waals surface area contributed by atoms with Gasteiger partial charge >= 0.3 is 0 Å². The lowest BCUT2D eigenvalue weighted by molar-refractivity contribution is 0.525. The number of rotatable bonds is 6. The third-order valence-electron chi connectivity index (χ3n) is 2.91. The summed E-state index contributed by atoms with van der Waals surface area (Å²) in [6, 6.07) is 9.20. The monoisotopic (exact) mass is 263 g/mol. The highest BCUT2D eigenvalue weighted by atomic mass is 32.1. The van der Waals surface area contributed by atoms with E-state index in [0.29, 0.717) is 0 Å². The normalized spacial score (nSPS) is 12.6. The average molecular weight is 263 g/mol. The van der Waals surface area contributed by atoms with Gasteiger partial charge in [0.25, 0.3) is 0 Å². The van der Waals surface area contributed by atoms with Crippen LogP contribution >= 0.6 is 11.3 Å². The molecule has 1 aromatic heterocycles. The molecule has 3 heteroatoms. The van der Waals surface area contributed by atoms with E-state index in [0.717, 1.165) is 24.9 Å². The maximum atomic E-state index is 13.3. The van der Waals surface area contributed by atoms with Crippen LogP contribution in [-0.4, -0.2) is 6.54 Å². The zero-order chi connectivity index (χ0) is 12.8. The van der Waals surface area contributed by atoms with Crippen molar-refractivity contribution in [1.29, 1.82) is 0 Å². The lowest BCUT2D eigenvalue weighted by atomic mass is 10.0. The molecule has 1 aromatic carbocycles. The number of halogens is 1. The molecule has 2 aromatic rings. The van der Waals surface area contributed by atoms with E-state index in [2.05, 4.69) is 29.1 Å². The number of hydrogen-bond acceptors (Lipinski definition) is 2. The van der Waals surface area contributed by atoms with E-state index in [4.69, 9.17) is 0 Å². The Bertz CT molecular complexity index is 467. The SMILES string of the molecule is CCCNC(Cc1ccsc1)c1cccc(F)c1. The summed E-state index contributed by atoms with van der Waals surface area (Å²) in [7, 11) is 0. The average Bonchev–Trinajstić information content (AvgIpc) is 2.87. The molecule has 1 heterocycles. The summed E-state index contributed by atoms with van der Waals surface area (Å²) >= 11 is 1.70. The van der Waals surface area contributed by atoms with Crippen LogP contribution in [0, 0.1) is 5.82 Å². The van der Waals surface area contributed by atoms with Gasteiger partial charge in [-0.05, 0) is 59.5 Å². The number of thiophene rings is 1. The molecule has 18 heavy (non-hydrogen) atoms. The molecule has 0 fully saturated rings. The van der Waals surface area contributed by atoms with Gasteiger partial charge in [-0.15, -0.1) is 0 Å². The predicted octanol–water partition coefficient (Wildman–Crippen LogP) is 4.17. The van der Waals surface area contributed by atoms with Gasteiger partial charge < -0.3 is 5.32 Å². The molecule has 1 unspecified atom stereocenters. The van der Waals surface area contributed by atoms with Crippen LogP contribution in [0.2, 0.25) is 0 Å². The van der Waals surface area contributed by atoms with Crippen molar-refractivity contribution in [1.82, 2.24) is 5.32 Å². The molecule has 96 valence electrons. The first-order chi connectivity index (χ1) is 8.79. The van der Waals surface area contributed by atoms with Crippen molar-refractivity contribution in [3.63, 3.8) is 0 Å². The second-order valence-electron chi connectivity index (χ2n) is 4.40. The van der Waals surface area contributed by atoms with Gasteiger partial charge in [0.1, 0.15) is 5.82 Å². The van der Waals surface area contributed by atoms with E-state index in [1.165, 1.54) is 11.6 Å². The second-order valence-corrected chi connectivity index (χ2v) is 5.18. The Hall–Kier alpha value is -1.19. The van der Waals surface area contributed by atoms with Gasteiger partial charge in [0.05, 0.1) is 0 Å². The highest BCUT2D eigenvalue weighted by Crippen LogP contribution is 2.20. The predicted molar refractivity (Wildman–Crippen MR) is 75.5 cm³/mol. The third kappa shape index (κ3) is 3.65. The molecule has 2 rings (SSSR count). The molecule has 0 saturated heterocycles. The summed E-state index contributed by atoms with van der Waals surface area (Å²) in [4.78, 5) is 0.